The van der Waals surface area contributed by atoms with Crippen molar-refractivity contribution in [3.8, 4) is 0 Å². The molecule has 0 rings (SSSR count). The Labute approximate surface area is 193 Å². The van der Waals surface area contributed by atoms with E-state index in [0.29, 0.717) is 7.92 Å². The van der Waals surface area contributed by atoms with E-state index in [4.69, 9.17) is 0 Å². The molecule has 0 N–H and O–H groups in total. The predicted molar refractivity (Wildman–Crippen MR) is 146 cm³/mol. The van der Waals surface area contributed by atoms with Crippen molar-refractivity contribution < 1.29 is 0 Å². The maximum atomic E-state index is 2.31. The standard InChI is InChI=1S/C24H51PS3/c1-4-7-10-13-19-26-22-16-25(17-23-27-20-14-11-8-5-2)18-24-28-21-15-12-9-6-3/h4-24H2,1-3H3. The summed E-state index contributed by atoms with van der Waals surface area (Å²) in [4.78, 5) is 0. The van der Waals surface area contributed by atoms with Gasteiger partial charge >= 0.3 is 0 Å². The van der Waals surface area contributed by atoms with E-state index in [1.807, 2.05) is 0 Å². The predicted octanol–water partition coefficient (Wildman–Crippen LogP) is 9.41. The summed E-state index contributed by atoms with van der Waals surface area (Å²) in [6.07, 6.45) is 21.6. The minimum absolute atomic E-state index is 0.294. The van der Waals surface area contributed by atoms with Crippen molar-refractivity contribution in [2.24, 2.45) is 0 Å². The van der Waals surface area contributed by atoms with Crippen LogP contribution in [0.25, 0.3) is 0 Å². The van der Waals surface area contributed by atoms with Gasteiger partial charge in [0.1, 0.15) is 0 Å². The quantitative estimate of drug-likeness (QED) is 0.103. The molecular formula is C24H51PS3. The van der Waals surface area contributed by atoms with E-state index in [9.17, 15) is 0 Å². The zero-order chi connectivity index (χ0) is 20.5. The molecule has 0 saturated heterocycles. The Balaban J connectivity index is 3.80. The smallest absolute Gasteiger partial charge is 0.00281 e. The second-order valence-electron chi connectivity index (χ2n) is 7.86. The van der Waals surface area contributed by atoms with Crippen molar-refractivity contribution in [3.05, 3.63) is 0 Å². The molecule has 0 spiro atoms. The van der Waals surface area contributed by atoms with Crippen molar-refractivity contribution in [2.75, 3.05) is 53.0 Å². The molecule has 0 aliphatic carbocycles. The molecule has 28 heavy (non-hydrogen) atoms. The van der Waals surface area contributed by atoms with E-state index in [2.05, 4.69) is 56.1 Å². The van der Waals surface area contributed by atoms with E-state index in [1.165, 1.54) is 130 Å². The molecule has 0 nitrogen and oxygen atoms in total. The summed E-state index contributed by atoms with van der Waals surface area (Å²) < 4.78 is 0. The van der Waals surface area contributed by atoms with Crippen LogP contribution in [0, 0.1) is 0 Å². The third-order valence-electron chi connectivity index (χ3n) is 5.08. The van der Waals surface area contributed by atoms with Crippen LogP contribution in [0.1, 0.15) is 97.8 Å². The highest BCUT2D eigenvalue weighted by Gasteiger charge is 2.08. The Kier molecular flexibility index (Phi) is 27.9. The van der Waals surface area contributed by atoms with Crippen LogP contribution in [0.15, 0.2) is 0 Å². The first-order valence-corrected chi connectivity index (χ1v) is 17.7. The van der Waals surface area contributed by atoms with Crippen LogP contribution in [-0.4, -0.2) is 53.0 Å². The molecule has 0 fully saturated rings. The zero-order valence-corrected chi connectivity index (χ0v) is 22.9. The Morgan fingerprint density at radius 2 is 0.714 bits per heavy atom. The van der Waals surface area contributed by atoms with Crippen molar-refractivity contribution >= 4 is 43.2 Å². The maximum Gasteiger partial charge on any atom is -0.00281 e. The summed E-state index contributed by atoms with van der Waals surface area (Å²) in [7, 11) is 0.294. The van der Waals surface area contributed by atoms with E-state index < -0.39 is 0 Å². The fourth-order valence-corrected chi connectivity index (χ4v) is 10.3. The van der Waals surface area contributed by atoms with Gasteiger partial charge in [-0.15, -0.1) is 7.92 Å². The SMILES string of the molecule is CCCCCCSCCP(CCSCCCCCC)CCSCCCCCC. The molecule has 170 valence electrons. The third-order valence-corrected chi connectivity index (χ3v) is 11.8. The van der Waals surface area contributed by atoms with Gasteiger partial charge in [0.25, 0.3) is 0 Å². The fourth-order valence-electron chi connectivity index (χ4n) is 3.12. The molecule has 0 aromatic heterocycles. The highest BCUT2D eigenvalue weighted by atomic mass is 32.2. The topological polar surface area (TPSA) is 0 Å². The van der Waals surface area contributed by atoms with Crippen molar-refractivity contribution in [1.82, 2.24) is 0 Å². The van der Waals surface area contributed by atoms with Crippen molar-refractivity contribution in [3.63, 3.8) is 0 Å². The molecule has 0 bridgehead atoms. The number of rotatable bonds is 24. The molecule has 0 aromatic carbocycles. The highest BCUT2D eigenvalue weighted by molar-refractivity contribution is 8.00. The first-order valence-electron chi connectivity index (χ1n) is 12.3. The van der Waals surface area contributed by atoms with Crippen LogP contribution in [0.3, 0.4) is 0 Å². The number of hydrogen-bond donors (Lipinski definition) is 0. The van der Waals surface area contributed by atoms with Gasteiger partial charge in [0.15, 0.2) is 0 Å². The zero-order valence-electron chi connectivity index (χ0n) is 19.5. The van der Waals surface area contributed by atoms with Gasteiger partial charge in [-0.25, -0.2) is 0 Å². The van der Waals surface area contributed by atoms with Crippen LogP contribution in [0.5, 0.6) is 0 Å². The summed E-state index contributed by atoms with van der Waals surface area (Å²) in [6, 6.07) is 0. The van der Waals surface area contributed by atoms with Crippen LogP contribution >= 0.6 is 43.2 Å². The third kappa shape index (κ3) is 23.8. The Bertz CT molecular complexity index is 234. The minimum Gasteiger partial charge on any atom is -0.162 e. The molecule has 0 radical (unpaired) electrons. The monoisotopic (exact) mass is 466 g/mol. The lowest BCUT2D eigenvalue weighted by Crippen LogP contribution is -2.03. The summed E-state index contributed by atoms with van der Waals surface area (Å²) in [5.74, 6) is 8.51. The fraction of sp³-hybridized carbons (Fsp3) is 1.00. The van der Waals surface area contributed by atoms with Crippen LogP contribution < -0.4 is 0 Å². The van der Waals surface area contributed by atoms with Crippen LogP contribution in [0.2, 0.25) is 0 Å². The van der Waals surface area contributed by atoms with Gasteiger partial charge < -0.3 is 0 Å². The lowest BCUT2D eigenvalue weighted by atomic mass is 10.2. The molecule has 0 atom stereocenters. The molecule has 0 amide bonds. The van der Waals surface area contributed by atoms with Gasteiger partial charge in [0.05, 0.1) is 0 Å². The van der Waals surface area contributed by atoms with Gasteiger partial charge in [-0.05, 0) is 72.3 Å². The average Bonchev–Trinajstić information content (AvgIpc) is 2.71. The molecule has 0 saturated carbocycles. The number of hydrogen-bond acceptors (Lipinski definition) is 3. The van der Waals surface area contributed by atoms with Crippen molar-refractivity contribution in [1.29, 1.82) is 0 Å². The second kappa shape index (κ2) is 26.5. The van der Waals surface area contributed by atoms with E-state index in [-0.39, 0.29) is 0 Å². The Hall–Kier alpha value is 1.48. The largest absolute Gasteiger partial charge is 0.162 e. The van der Waals surface area contributed by atoms with Gasteiger partial charge in [-0.3, -0.25) is 0 Å². The highest BCUT2D eigenvalue weighted by Crippen LogP contribution is 2.37. The lowest BCUT2D eigenvalue weighted by Gasteiger charge is -2.17. The van der Waals surface area contributed by atoms with E-state index in [1.54, 1.807) is 0 Å². The first-order chi connectivity index (χ1) is 13.8. The van der Waals surface area contributed by atoms with Gasteiger partial charge in [-0.1, -0.05) is 78.6 Å². The summed E-state index contributed by atoms with van der Waals surface area (Å²) in [6.45, 7) is 6.93. The molecule has 0 unspecified atom stereocenters. The number of thioether (sulfide) groups is 3. The molecular weight excluding hydrogens is 415 g/mol. The normalized spacial score (nSPS) is 11.6. The Morgan fingerprint density at radius 3 is 1.00 bits per heavy atom. The summed E-state index contributed by atoms with van der Waals surface area (Å²) in [5.41, 5.74) is 0. The van der Waals surface area contributed by atoms with Crippen LogP contribution in [0.4, 0.5) is 0 Å². The first kappa shape index (κ1) is 29.5. The molecule has 0 aromatic rings. The molecule has 0 aliphatic heterocycles. The van der Waals surface area contributed by atoms with E-state index >= 15 is 0 Å². The molecule has 0 heterocycles. The van der Waals surface area contributed by atoms with Gasteiger partial charge in [-0.2, -0.15) is 35.3 Å². The van der Waals surface area contributed by atoms with Crippen LogP contribution in [-0.2, 0) is 0 Å². The van der Waals surface area contributed by atoms with Gasteiger partial charge in [0.2, 0.25) is 0 Å². The van der Waals surface area contributed by atoms with Crippen molar-refractivity contribution in [2.45, 2.75) is 97.8 Å². The molecule has 0 aliphatic rings. The molecule has 4 heteroatoms. The lowest BCUT2D eigenvalue weighted by molar-refractivity contribution is 0.706. The van der Waals surface area contributed by atoms with E-state index in [0.717, 1.165) is 0 Å². The maximum absolute atomic E-state index is 2.31. The Morgan fingerprint density at radius 1 is 0.393 bits per heavy atom. The second-order valence-corrected chi connectivity index (χ2v) is 14.2. The minimum atomic E-state index is 0.294. The average molecular weight is 467 g/mol. The summed E-state index contributed by atoms with van der Waals surface area (Å²) in [5, 5.41) is 0. The summed E-state index contributed by atoms with van der Waals surface area (Å²) >= 11 is 6.72. The number of unbranched alkanes of at least 4 members (excludes halogenated alkanes) is 9. The van der Waals surface area contributed by atoms with Gasteiger partial charge in [0, 0.05) is 0 Å².